The molecule has 35 heavy (non-hydrogen) atoms. The number of amides is 1. The summed E-state index contributed by atoms with van der Waals surface area (Å²) in [6.07, 6.45) is 1.20. The van der Waals surface area contributed by atoms with Crippen LogP contribution in [0.5, 0.6) is 0 Å². The maximum Gasteiger partial charge on any atom is 0.229 e. The second kappa shape index (κ2) is 9.69. The molecule has 5 rings (SSSR count). The summed E-state index contributed by atoms with van der Waals surface area (Å²) >= 11 is 0. The number of hydrogen-bond donors (Lipinski definition) is 3. The predicted octanol–water partition coefficient (Wildman–Crippen LogP) is 3.76. The average molecular weight is 464 g/mol. The molecule has 1 amide bonds. The standard InChI is InChI=1S/C27H25N7O/c28-16-19-12-20(29)15-22(13-19)31-27-32-24-9-5-4-8-23(24)26(33-27)34-11-10-21(17-34)30-25(35)14-18-6-2-1-3-7-18/h1-9,12-13,15,21H,10-11,14,17,29H2,(H,30,35)(H,31,32,33). The molecule has 0 saturated carbocycles. The van der Waals surface area contributed by atoms with Gasteiger partial charge in [-0.2, -0.15) is 10.2 Å². The zero-order chi connectivity index (χ0) is 24.2. The van der Waals surface area contributed by atoms with Crippen LogP contribution in [0.3, 0.4) is 0 Å². The third-order valence-corrected chi connectivity index (χ3v) is 5.98. The quantitative estimate of drug-likeness (QED) is 0.372. The number of anilines is 4. The average Bonchev–Trinajstić information content (AvgIpc) is 3.31. The first kappa shape index (κ1) is 22.2. The van der Waals surface area contributed by atoms with Crippen LogP contribution in [0.1, 0.15) is 17.5 Å². The monoisotopic (exact) mass is 463 g/mol. The number of hydrogen-bond acceptors (Lipinski definition) is 7. The van der Waals surface area contributed by atoms with Crippen LogP contribution < -0.4 is 21.3 Å². The lowest BCUT2D eigenvalue weighted by molar-refractivity contribution is -0.121. The summed E-state index contributed by atoms with van der Waals surface area (Å²) in [6, 6.07) is 24.8. The van der Waals surface area contributed by atoms with Crippen LogP contribution in [0.2, 0.25) is 0 Å². The van der Waals surface area contributed by atoms with E-state index in [2.05, 4.69) is 26.6 Å². The number of fused-ring (bicyclic) bond motifs is 1. The summed E-state index contributed by atoms with van der Waals surface area (Å²) < 4.78 is 0. The van der Waals surface area contributed by atoms with E-state index >= 15 is 0 Å². The highest BCUT2D eigenvalue weighted by molar-refractivity contribution is 5.91. The lowest BCUT2D eigenvalue weighted by Crippen LogP contribution is -2.38. The molecule has 0 bridgehead atoms. The summed E-state index contributed by atoms with van der Waals surface area (Å²) in [5, 5.41) is 16.6. The molecule has 1 aliphatic heterocycles. The van der Waals surface area contributed by atoms with Gasteiger partial charge < -0.3 is 21.3 Å². The highest BCUT2D eigenvalue weighted by atomic mass is 16.1. The fourth-order valence-electron chi connectivity index (χ4n) is 4.40. The fraction of sp³-hybridized carbons (Fsp3) is 0.185. The van der Waals surface area contributed by atoms with E-state index in [0.717, 1.165) is 35.2 Å². The van der Waals surface area contributed by atoms with Crippen molar-refractivity contribution in [2.45, 2.75) is 18.9 Å². The predicted molar refractivity (Wildman–Crippen MR) is 137 cm³/mol. The molecule has 1 fully saturated rings. The molecule has 1 aliphatic rings. The topological polar surface area (TPSA) is 120 Å². The number of carbonyl (C=O) groups excluding carboxylic acids is 1. The molecule has 3 aromatic carbocycles. The van der Waals surface area contributed by atoms with Gasteiger partial charge in [0.1, 0.15) is 5.82 Å². The fourth-order valence-corrected chi connectivity index (χ4v) is 4.40. The van der Waals surface area contributed by atoms with Crippen LogP contribution in [0, 0.1) is 11.3 Å². The van der Waals surface area contributed by atoms with E-state index in [1.807, 2.05) is 54.6 Å². The van der Waals surface area contributed by atoms with Crippen molar-refractivity contribution in [3.8, 4) is 6.07 Å². The molecule has 2 heterocycles. The van der Waals surface area contributed by atoms with E-state index in [1.54, 1.807) is 18.2 Å². The van der Waals surface area contributed by atoms with Gasteiger partial charge in [0.15, 0.2) is 0 Å². The van der Waals surface area contributed by atoms with Crippen molar-refractivity contribution in [1.29, 1.82) is 5.26 Å². The molecule has 0 radical (unpaired) electrons. The maximum atomic E-state index is 12.6. The maximum absolute atomic E-state index is 12.6. The smallest absolute Gasteiger partial charge is 0.229 e. The summed E-state index contributed by atoms with van der Waals surface area (Å²) in [5.41, 5.74) is 9.34. The summed E-state index contributed by atoms with van der Waals surface area (Å²) in [7, 11) is 0. The number of nitrogens with two attached hydrogens (primary N) is 1. The molecular weight excluding hydrogens is 438 g/mol. The first-order valence-corrected chi connectivity index (χ1v) is 11.5. The van der Waals surface area contributed by atoms with Gasteiger partial charge >= 0.3 is 0 Å². The molecule has 1 aromatic heterocycles. The summed E-state index contributed by atoms with van der Waals surface area (Å²) in [4.78, 5) is 24.2. The van der Waals surface area contributed by atoms with E-state index in [4.69, 9.17) is 10.7 Å². The van der Waals surface area contributed by atoms with Gasteiger partial charge in [-0.3, -0.25) is 4.79 Å². The van der Waals surface area contributed by atoms with Crippen LogP contribution in [-0.4, -0.2) is 35.0 Å². The van der Waals surface area contributed by atoms with E-state index in [-0.39, 0.29) is 11.9 Å². The van der Waals surface area contributed by atoms with Gasteiger partial charge in [0.25, 0.3) is 0 Å². The molecule has 4 N–H and O–H groups in total. The Morgan fingerprint density at radius 2 is 1.89 bits per heavy atom. The van der Waals surface area contributed by atoms with Crippen LogP contribution in [0.4, 0.5) is 23.1 Å². The molecule has 4 aromatic rings. The van der Waals surface area contributed by atoms with Crippen molar-refractivity contribution in [3.05, 3.63) is 83.9 Å². The number of aromatic nitrogens is 2. The Bertz CT molecular complexity index is 1410. The minimum atomic E-state index is 0.0212. The highest BCUT2D eigenvalue weighted by Crippen LogP contribution is 2.29. The number of benzene rings is 3. The minimum Gasteiger partial charge on any atom is -0.399 e. The van der Waals surface area contributed by atoms with Crippen molar-refractivity contribution in [1.82, 2.24) is 15.3 Å². The molecule has 174 valence electrons. The molecule has 8 nitrogen and oxygen atoms in total. The Kier molecular flexibility index (Phi) is 6.14. The summed E-state index contributed by atoms with van der Waals surface area (Å²) in [6.45, 7) is 1.44. The van der Waals surface area contributed by atoms with Gasteiger partial charge in [0.2, 0.25) is 11.9 Å². The molecule has 0 spiro atoms. The van der Waals surface area contributed by atoms with Crippen molar-refractivity contribution in [2.75, 3.05) is 29.0 Å². The second-order valence-electron chi connectivity index (χ2n) is 8.63. The van der Waals surface area contributed by atoms with Crippen LogP contribution in [0.15, 0.2) is 72.8 Å². The van der Waals surface area contributed by atoms with Gasteiger partial charge in [-0.25, -0.2) is 4.98 Å². The number of carbonyl (C=O) groups is 1. The lowest BCUT2D eigenvalue weighted by Gasteiger charge is -2.21. The SMILES string of the molecule is N#Cc1cc(N)cc(Nc2nc(N3CCC(NC(=O)Cc4ccccc4)C3)c3ccccc3n2)c1. The molecular formula is C27H25N7O. The largest absolute Gasteiger partial charge is 0.399 e. The number of nitrogen functional groups attached to an aromatic ring is 1. The van der Waals surface area contributed by atoms with E-state index in [1.165, 1.54) is 0 Å². The number of nitrogens with one attached hydrogen (secondary N) is 2. The number of rotatable bonds is 6. The molecule has 8 heteroatoms. The Hall–Kier alpha value is -4.64. The van der Waals surface area contributed by atoms with Gasteiger partial charge in [-0.05, 0) is 42.3 Å². The normalized spacial score (nSPS) is 15.1. The number of nitriles is 1. The zero-order valence-corrected chi connectivity index (χ0v) is 19.1. The van der Waals surface area contributed by atoms with Crippen molar-refractivity contribution in [3.63, 3.8) is 0 Å². The van der Waals surface area contributed by atoms with Gasteiger partial charge in [0.05, 0.1) is 23.6 Å². The van der Waals surface area contributed by atoms with Crippen molar-refractivity contribution >= 4 is 40.0 Å². The first-order valence-electron chi connectivity index (χ1n) is 11.5. The van der Waals surface area contributed by atoms with E-state index < -0.39 is 0 Å². The minimum absolute atomic E-state index is 0.0212. The lowest BCUT2D eigenvalue weighted by atomic mass is 10.1. The molecule has 1 unspecified atom stereocenters. The van der Waals surface area contributed by atoms with Gasteiger partial charge in [-0.1, -0.05) is 42.5 Å². The van der Waals surface area contributed by atoms with Gasteiger partial charge in [0, 0.05) is 35.9 Å². The third-order valence-electron chi connectivity index (χ3n) is 5.98. The molecule has 1 saturated heterocycles. The summed E-state index contributed by atoms with van der Waals surface area (Å²) in [5.74, 6) is 1.25. The van der Waals surface area contributed by atoms with Crippen LogP contribution >= 0.6 is 0 Å². The van der Waals surface area contributed by atoms with Crippen LogP contribution in [0.25, 0.3) is 10.9 Å². The highest BCUT2D eigenvalue weighted by Gasteiger charge is 2.26. The third kappa shape index (κ3) is 5.14. The molecule has 1 atom stereocenters. The zero-order valence-electron chi connectivity index (χ0n) is 19.1. The van der Waals surface area contributed by atoms with Crippen molar-refractivity contribution < 1.29 is 4.79 Å². The van der Waals surface area contributed by atoms with E-state index in [9.17, 15) is 10.1 Å². The van der Waals surface area contributed by atoms with E-state index in [0.29, 0.717) is 35.9 Å². The number of para-hydroxylation sites is 1. The Balaban J connectivity index is 1.36. The Morgan fingerprint density at radius 3 is 2.71 bits per heavy atom. The van der Waals surface area contributed by atoms with Crippen LogP contribution in [-0.2, 0) is 11.2 Å². The Labute approximate surface area is 203 Å². The second-order valence-corrected chi connectivity index (χ2v) is 8.63. The van der Waals surface area contributed by atoms with Crippen molar-refractivity contribution in [2.24, 2.45) is 0 Å². The van der Waals surface area contributed by atoms with Gasteiger partial charge in [-0.15, -0.1) is 0 Å². The first-order chi connectivity index (χ1) is 17.1. The number of nitrogens with zero attached hydrogens (tertiary/aromatic N) is 4. The molecule has 0 aliphatic carbocycles. The Morgan fingerprint density at radius 1 is 1.09 bits per heavy atom.